The van der Waals surface area contributed by atoms with Gasteiger partial charge >= 0.3 is 5.97 Å². The van der Waals surface area contributed by atoms with E-state index < -0.39 is 5.97 Å². The molecular weight excluding hydrogens is 340 g/mol. The van der Waals surface area contributed by atoms with Crippen molar-refractivity contribution in [2.24, 2.45) is 0 Å². The lowest BCUT2D eigenvalue weighted by Gasteiger charge is -2.10. The minimum atomic E-state index is -0.418. The number of rotatable bonds is 5. The van der Waals surface area contributed by atoms with Crippen LogP contribution in [-0.4, -0.2) is 23.4 Å². The van der Waals surface area contributed by atoms with Gasteiger partial charge in [-0.25, -0.2) is 4.98 Å². The van der Waals surface area contributed by atoms with Gasteiger partial charge in [0.2, 0.25) is 0 Å². The summed E-state index contributed by atoms with van der Waals surface area (Å²) in [6.45, 7) is 1.97. The third-order valence-corrected chi connectivity index (χ3v) is 4.24. The predicted molar refractivity (Wildman–Crippen MR) is 91.3 cm³/mol. The number of nitrogens with one attached hydrogen (secondary N) is 1. The summed E-state index contributed by atoms with van der Waals surface area (Å²) in [7, 11) is 0. The number of pyridine rings is 1. The molecule has 0 bridgehead atoms. The van der Waals surface area contributed by atoms with E-state index in [1.54, 1.807) is 19.1 Å². The number of carbonyl (C=O) groups excluding carboxylic acids is 1. The summed E-state index contributed by atoms with van der Waals surface area (Å²) in [6.07, 6.45) is 0. The van der Waals surface area contributed by atoms with Crippen molar-refractivity contribution in [2.45, 2.75) is 11.9 Å². The number of hydrogen-bond donors (Lipinski definition) is 2. The SMILES string of the molecule is CCOC(=O)CSc1[nH+]c(N)c(C#N)c(-c2ccc(O)cc2)c1C#N. The van der Waals surface area contributed by atoms with Crippen molar-refractivity contribution in [3.8, 4) is 29.0 Å². The van der Waals surface area contributed by atoms with Gasteiger partial charge in [0, 0.05) is 5.56 Å². The molecule has 126 valence electrons. The van der Waals surface area contributed by atoms with Crippen molar-refractivity contribution >= 4 is 23.5 Å². The Morgan fingerprint density at radius 2 is 1.92 bits per heavy atom. The summed E-state index contributed by atoms with van der Waals surface area (Å²) in [4.78, 5) is 14.4. The molecule has 1 heterocycles. The van der Waals surface area contributed by atoms with Crippen molar-refractivity contribution in [2.75, 3.05) is 18.1 Å². The molecule has 0 unspecified atom stereocenters. The fourth-order valence-corrected chi connectivity index (χ4v) is 3.02. The number of nitrogens with zero attached hydrogens (tertiary/aromatic N) is 2. The number of phenolic OH excluding ortho intramolecular Hbond substituents is 1. The van der Waals surface area contributed by atoms with E-state index in [-0.39, 0.29) is 35.1 Å². The number of aromatic nitrogens is 1. The average molecular weight is 355 g/mol. The van der Waals surface area contributed by atoms with Gasteiger partial charge in [0.15, 0.2) is 5.03 Å². The Kier molecular flexibility index (Phi) is 5.83. The molecule has 25 heavy (non-hydrogen) atoms. The molecule has 0 saturated heterocycles. The second kappa shape index (κ2) is 8.04. The number of carbonyl (C=O) groups is 1. The normalized spacial score (nSPS) is 9.88. The molecule has 8 heteroatoms. The minimum Gasteiger partial charge on any atom is -0.508 e. The number of esters is 1. The molecule has 0 amide bonds. The van der Waals surface area contributed by atoms with Gasteiger partial charge in [0.05, 0.1) is 12.4 Å². The average Bonchev–Trinajstić information content (AvgIpc) is 2.60. The minimum absolute atomic E-state index is 0.000617. The van der Waals surface area contributed by atoms with Gasteiger partial charge in [-0.2, -0.15) is 10.5 Å². The first-order valence-electron chi connectivity index (χ1n) is 7.28. The maximum absolute atomic E-state index is 11.6. The van der Waals surface area contributed by atoms with Crippen molar-refractivity contribution in [3.05, 3.63) is 35.4 Å². The third-order valence-electron chi connectivity index (χ3n) is 3.26. The Morgan fingerprint density at radius 3 is 2.48 bits per heavy atom. The Labute approximate surface area is 148 Å². The van der Waals surface area contributed by atoms with Crippen LogP contribution in [0.25, 0.3) is 11.1 Å². The van der Waals surface area contributed by atoms with Crippen LogP contribution in [0.15, 0.2) is 29.3 Å². The first-order chi connectivity index (χ1) is 12.0. The molecular formula is C17H15N4O3S+. The lowest BCUT2D eigenvalue weighted by Crippen LogP contribution is -2.19. The highest BCUT2D eigenvalue weighted by molar-refractivity contribution is 7.99. The third kappa shape index (κ3) is 4.00. The van der Waals surface area contributed by atoms with E-state index in [2.05, 4.69) is 11.1 Å². The number of thioether (sulfide) groups is 1. The molecule has 0 aliphatic rings. The van der Waals surface area contributed by atoms with E-state index in [1.165, 1.54) is 12.1 Å². The molecule has 2 rings (SSSR count). The second-order valence-electron chi connectivity index (χ2n) is 4.86. The Balaban J connectivity index is 2.57. The largest absolute Gasteiger partial charge is 0.508 e. The molecule has 0 atom stereocenters. The summed E-state index contributed by atoms with van der Waals surface area (Å²) in [5.41, 5.74) is 7.16. The van der Waals surface area contributed by atoms with Gasteiger partial charge in [-0.05, 0) is 24.6 Å². The Bertz CT molecular complexity index is 883. The van der Waals surface area contributed by atoms with Gasteiger partial charge < -0.3 is 9.84 Å². The van der Waals surface area contributed by atoms with E-state index in [9.17, 15) is 20.4 Å². The van der Waals surface area contributed by atoms with Crippen LogP contribution in [0.1, 0.15) is 18.1 Å². The van der Waals surface area contributed by atoms with Crippen molar-refractivity contribution in [1.29, 1.82) is 10.5 Å². The second-order valence-corrected chi connectivity index (χ2v) is 5.84. The highest BCUT2D eigenvalue weighted by Gasteiger charge is 2.24. The van der Waals surface area contributed by atoms with Crippen molar-refractivity contribution in [1.82, 2.24) is 0 Å². The van der Waals surface area contributed by atoms with E-state index in [0.29, 0.717) is 16.2 Å². The molecule has 0 saturated carbocycles. The molecule has 0 spiro atoms. The van der Waals surface area contributed by atoms with Crippen molar-refractivity contribution in [3.63, 3.8) is 0 Å². The number of nitrogens with two attached hydrogens (primary N) is 1. The summed E-state index contributed by atoms with van der Waals surface area (Å²) >= 11 is 1.07. The summed E-state index contributed by atoms with van der Waals surface area (Å²) in [6, 6.07) is 10.1. The van der Waals surface area contributed by atoms with Crippen LogP contribution >= 0.6 is 11.8 Å². The fourth-order valence-electron chi connectivity index (χ4n) is 2.20. The van der Waals surface area contributed by atoms with Gasteiger partial charge in [0.1, 0.15) is 29.0 Å². The number of H-pyrrole nitrogens is 1. The van der Waals surface area contributed by atoms with E-state index >= 15 is 0 Å². The lowest BCUT2D eigenvalue weighted by molar-refractivity contribution is -0.410. The highest BCUT2D eigenvalue weighted by atomic mass is 32.2. The molecule has 0 aliphatic heterocycles. The number of nitriles is 2. The van der Waals surface area contributed by atoms with Crippen LogP contribution in [0, 0.1) is 22.7 Å². The number of phenols is 1. The van der Waals surface area contributed by atoms with Gasteiger partial charge in [-0.3, -0.25) is 10.5 Å². The molecule has 1 aromatic heterocycles. The molecule has 7 nitrogen and oxygen atoms in total. The van der Waals surface area contributed by atoms with Gasteiger partial charge in [0.25, 0.3) is 5.82 Å². The summed E-state index contributed by atoms with van der Waals surface area (Å²) in [5.74, 6) is -0.262. The number of ether oxygens (including phenoxy) is 1. The monoisotopic (exact) mass is 355 g/mol. The first kappa shape index (κ1) is 18.1. The van der Waals surface area contributed by atoms with Crippen LogP contribution in [-0.2, 0) is 9.53 Å². The standard InChI is InChI=1S/C17H14N4O3S/c1-2-24-14(23)9-25-17-13(8-19)15(12(7-18)16(20)21-17)10-3-5-11(22)6-4-10/h3-6,22H,2,9H2,1H3,(H2,20,21)/p+1. The van der Waals surface area contributed by atoms with E-state index in [4.69, 9.17) is 10.5 Å². The number of benzene rings is 1. The highest BCUT2D eigenvalue weighted by Crippen LogP contribution is 2.34. The summed E-state index contributed by atoms with van der Waals surface area (Å²) in [5, 5.41) is 28.8. The fraction of sp³-hybridized carbons (Fsp3) is 0.176. The number of anilines is 1. The zero-order valence-corrected chi connectivity index (χ0v) is 14.2. The Hall–Kier alpha value is -3.23. The number of aromatic hydroxyl groups is 1. The van der Waals surface area contributed by atoms with Crippen LogP contribution in [0.2, 0.25) is 0 Å². The topological polar surface area (TPSA) is 134 Å². The number of aromatic amines is 1. The van der Waals surface area contributed by atoms with Crippen LogP contribution in [0.5, 0.6) is 5.75 Å². The first-order valence-corrected chi connectivity index (χ1v) is 8.27. The quantitative estimate of drug-likeness (QED) is 0.617. The van der Waals surface area contributed by atoms with Crippen molar-refractivity contribution < 1.29 is 19.6 Å². The molecule has 4 N–H and O–H groups in total. The molecule has 2 aromatic rings. The predicted octanol–water partition coefficient (Wildman–Crippen LogP) is 1.85. The molecule has 0 aliphatic carbocycles. The number of nitrogen functional groups attached to an aromatic ring is 1. The maximum Gasteiger partial charge on any atom is 0.316 e. The van der Waals surface area contributed by atoms with Gasteiger partial charge in [-0.15, -0.1) is 0 Å². The lowest BCUT2D eigenvalue weighted by atomic mass is 9.97. The van der Waals surface area contributed by atoms with Gasteiger partial charge in [-0.1, -0.05) is 23.9 Å². The summed E-state index contributed by atoms with van der Waals surface area (Å²) < 4.78 is 4.87. The Morgan fingerprint density at radius 1 is 1.28 bits per heavy atom. The molecule has 0 radical (unpaired) electrons. The van der Waals surface area contributed by atoms with E-state index in [1.807, 2.05) is 6.07 Å². The molecule has 1 aromatic carbocycles. The smallest absolute Gasteiger partial charge is 0.316 e. The van der Waals surface area contributed by atoms with Crippen LogP contribution < -0.4 is 10.7 Å². The zero-order valence-electron chi connectivity index (χ0n) is 13.4. The zero-order chi connectivity index (χ0) is 18.4. The molecule has 0 fully saturated rings. The number of hydrogen-bond acceptors (Lipinski definition) is 7. The maximum atomic E-state index is 11.6. The van der Waals surface area contributed by atoms with E-state index in [0.717, 1.165) is 11.8 Å². The van der Waals surface area contributed by atoms with Crippen LogP contribution in [0.4, 0.5) is 5.82 Å². The van der Waals surface area contributed by atoms with Crippen LogP contribution in [0.3, 0.4) is 0 Å².